The lowest BCUT2D eigenvalue weighted by Gasteiger charge is -2.51. The van der Waals surface area contributed by atoms with Gasteiger partial charge in [0.1, 0.15) is 24.9 Å². The molecule has 9 heteroatoms. The Labute approximate surface area is 316 Å². The van der Waals surface area contributed by atoms with E-state index < -0.39 is 12.0 Å². The zero-order valence-electron chi connectivity index (χ0n) is 30.6. The van der Waals surface area contributed by atoms with Crippen molar-refractivity contribution in [1.82, 2.24) is 0 Å². The van der Waals surface area contributed by atoms with Crippen molar-refractivity contribution in [3.8, 4) is 34.5 Å². The molecule has 2 bridgehead atoms. The maximum atomic E-state index is 14.1. The molecule has 7 N–H and O–H groups in total. The van der Waals surface area contributed by atoms with E-state index in [1.807, 2.05) is 6.07 Å². The summed E-state index contributed by atoms with van der Waals surface area (Å²) < 4.78 is 11.8. The number of phenolic OH excluding ortho intramolecular Hbond substituents is 4. The van der Waals surface area contributed by atoms with Crippen LogP contribution in [0.25, 0.3) is 0 Å². The fourth-order valence-electron chi connectivity index (χ4n) is 11.2. The van der Waals surface area contributed by atoms with Crippen LogP contribution in [0.15, 0.2) is 78.9 Å². The first-order valence-electron chi connectivity index (χ1n) is 19.6. The summed E-state index contributed by atoms with van der Waals surface area (Å²) in [5.74, 6) is -0.517. The van der Waals surface area contributed by atoms with E-state index in [4.69, 9.17) is 15.2 Å². The van der Waals surface area contributed by atoms with Gasteiger partial charge in [0, 0.05) is 17.9 Å². The molecule has 9 nitrogen and oxygen atoms in total. The van der Waals surface area contributed by atoms with Gasteiger partial charge in [0.25, 0.3) is 0 Å². The molecule has 5 aliphatic carbocycles. The highest BCUT2D eigenvalue weighted by atomic mass is 16.5. The van der Waals surface area contributed by atoms with Gasteiger partial charge < -0.3 is 35.0 Å². The second-order valence-corrected chi connectivity index (χ2v) is 16.2. The third-order valence-corrected chi connectivity index (χ3v) is 13.4. The Morgan fingerprint density at radius 2 is 1.63 bits per heavy atom. The second-order valence-electron chi connectivity index (χ2n) is 16.2. The number of hydrogen-bond acceptors (Lipinski definition) is 9. The number of phenols is 4. The Morgan fingerprint density at radius 1 is 0.833 bits per heavy atom. The van der Waals surface area contributed by atoms with E-state index in [-0.39, 0.29) is 95.0 Å². The van der Waals surface area contributed by atoms with Gasteiger partial charge in [-0.15, -0.1) is 0 Å². The Hall–Kier alpha value is -4.73. The van der Waals surface area contributed by atoms with Crippen LogP contribution < -0.4 is 15.2 Å². The van der Waals surface area contributed by atoms with Crippen LogP contribution in [0.4, 0.5) is 0 Å². The molecule has 0 aliphatic heterocycles. The minimum atomic E-state index is -0.883. The molecule has 4 aromatic rings. The summed E-state index contributed by atoms with van der Waals surface area (Å²) in [7, 11) is 0. The van der Waals surface area contributed by atoms with Crippen molar-refractivity contribution in [2.24, 2.45) is 29.4 Å². The molecule has 3 fully saturated rings. The Bertz CT molecular complexity index is 1990. The largest absolute Gasteiger partial charge is 0.508 e. The van der Waals surface area contributed by atoms with Gasteiger partial charge in [-0.1, -0.05) is 61.4 Å². The van der Waals surface area contributed by atoms with Gasteiger partial charge in [-0.05, 0) is 133 Å². The number of carbonyl (C=O) groups excluding carboxylic acids is 1. The van der Waals surface area contributed by atoms with Crippen molar-refractivity contribution < 1.29 is 39.8 Å². The molecule has 284 valence electrons. The number of aryl methyl sites for hydroxylation is 1. The minimum absolute atomic E-state index is 0.00912. The van der Waals surface area contributed by atoms with Gasteiger partial charge in [0.2, 0.25) is 5.75 Å². The lowest BCUT2D eigenvalue weighted by atomic mass is 9.53. The molecule has 0 heterocycles. The average molecular weight is 734 g/mol. The number of aromatic hydroxyl groups is 4. The van der Waals surface area contributed by atoms with E-state index in [0.717, 1.165) is 67.2 Å². The Kier molecular flexibility index (Phi) is 9.96. The third kappa shape index (κ3) is 6.45. The number of carbonyl (C=O) groups is 1. The first kappa shape index (κ1) is 36.3. The normalized spacial score (nSPS) is 26.7. The maximum Gasteiger partial charge on any atom is 0.200 e. The number of nitrogens with two attached hydrogens (primary N) is 1. The molecule has 0 spiro atoms. The van der Waals surface area contributed by atoms with Crippen LogP contribution in [0.5, 0.6) is 34.5 Å². The van der Waals surface area contributed by atoms with Crippen molar-refractivity contribution >= 4 is 5.78 Å². The number of hydrogen-bond donors (Lipinski definition) is 6. The summed E-state index contributed by atoms with van der Waals surface area (Å²) in [6.07, 6.45) is 7.13. The van der Waals surface area contributed by atoms with Crippen molar-refractivity contribution in [2.75, 3.05) is 6.73 Å². The first-order valence-corrected chi connectivity index (χ1v) is 19.6. The lowest BCUT2D eigenvalue weighted by molar-refractivity contribution is -0.132. The van der Waals surface area contributed by atoms with Crippen LogP contribution >= 0.6 is 0 Å². The minimum Gasteiger partial charge on any atom is -0.508 e. The predicted octanol–water partition coefficient (Wildman–Crippen LogP) is 7.69. The number of fused-ring (bicyclic) bond motifs is 1. The number of ketones is 1. The van der Waals surface area contributed by atoms with E-state index in [1.165, 1.54) is 5.56 Å². The van der Waals surface area contributed by atoms with Crippen LogP contribution in [0.2, 0.25) is 0 Å². The van der Waals surface area contributed by atoms with Gasteiger partial charge in [-0.25, -0.2) is 0 Å². The van der Waals surface area contributed by atoms with Crippen molar-refractivity contribution in [3.05, 3.63) is 107 Å². The van der Waals surface area contributed by atoms with Crippen LogP contribution in [0, 0.1) is 23.7 Å². The molecule has 0 amide bonds. The van der Waals surface area contributed by atoms with Gasteiger partial charge in [-0.3, -0.25) is 10.5 Å². The standard InChI is InChI=1S/C45H51NO8/c46-25-54-38-20-26(12-16-36(38)49)11-15-35(48)32-14-13-28-21-29-22-34(45(17-4-5-18-45)30-8-2-1-3-9-30)41(40(28)42(32)51)33-23-37(50)43(52)44(39(29)33)53-24-27-7-6-10-31(47)19-27/h1-3,6-10,12,16,19-20,23,28-29,32,34,40-42,47,49-52H,4-5,11,13-15,17-18,21-22,24-25,46H2/t28-,29-,32-,34-,40+,41-,42-/m0/s1. The smallest absolute Gasteiger partial charge is 0.200 e. The van der Waals surface area contributed by atoms with Gasteiger partial charge in [0.15, 0.2) is 23.0 Å². The molecule has 3 saturated carbocycles. The summed E-state index contributed by atoms with van der Waals surface area (Å²) >= 11 is 0. The molecule has 7 atom stereocenters. The summed E-state index contributed by atoms with van der Waals surface area (Å²) in [6.45, 7) is 0.0204. The number of rotatable bonds is 11. The maximum absolute atomic E-state index is 14.1. The Morgan fingerprint density at radius 3 is 2.39 bits per heavy atom. The highest BCUT2D eigenvalue weighted by Crippen LogP contribution is 2.67. The fraction of sp³-hybridized carbons (Fsp3) is 0.444. The Balaban J connectivity index is 1.18. The first-order chi connectivity index (χ1) is 26.2. The van der Waals surface area contributed by atoms with Crippen LogP contribution in [-0.4, -0.2) is 44.2 Å². The van der Waals surface area contributed by atoms with E-state index in [9.17, 15) is 30.3 Å². The van der Waals surface area contributed by atoms with Gasteiger partial charge in [-0.2, -0.15) is 0 Å². The molecule has 0 aromatic heterocycles. The van der Waals surface area contributed by atoms with Crippen molar-refractivity contribution in [1.29, 1.82) is 0 Å². The van der Waals surface area contributed by atoms with Crippen LogP contribution in [0.3, 0.4) is 0 Å². The van der Waals surface area contributed by atoms with E-state index in [1.54, 1.807) is 42.5 Å². The molecule has 5 aliphatic rings. The molecule has 54 heavy (non-hydrogen) atoms. The second kappa shape index (κ2) is 14.8. The van der Waals surface area contributed by atoms with Crippen LogP contribution in [0.1, 0.15) is 97.4 Å². The number of benzene rings is 4. The topological polar surface area (TPSA) is 163 Å². The highest BCUT2D eigenvalue weighted by molar-refractivity contribution is 5.82. The number of aliphatic hydroxyl groups excluding tert-OH is 1. The zero-order valence-corrected chi connectivity index (χ0v) is 30.6. The summed E-state index contributed by atoms with van der Waals surface area (Å²) in [5, 5.41) is 55.6. The SMILES string of the molecule is NCOc1cc(CCC(=O)[C@@H]2CC[C@H]3C[C@H]4C[C@H](C5(c6ccccc6)CCCC5)[C@H](c5cc(O)c(O)c(OCc6cccc(O)c6)c54)[C@@H]3[C@H]2O)ccc1O. The molecule has 0 radical (unpaired) electrons. The lowest BCUT2D eigenvalue weighted by Crippen LogP contribution is -2.48. The molecular formula is C45H51NO8. The predicted molar refractivity (Wildman–Crippen MR) is 204 cm³/mol. The van der Waals surface area contributed by atoms with Crippen LogP contribution in [-0.2, 0) is 23.2 Å². The van der Waals surface area contributed by atoms with E-state index in [0.29, 0.717) is 12.8 Å². The number of Topliss-reactive ketones (excluding diaryl/α,β-unsaturated/α-hetero) is 1. The van der Waals surface area contributed by atoms with E-state index in [2.05, 4.69) is 30.3 Å². The summed E-state index contributed by atoms with van der Waals surface area (Å²) in [4.78, 5) is 14.1. The molecule has 0 saturated heterocycles. The molecular weight excluding hydrogens is 682 g/mol. The fourth-order valence-corrected chi connectivity index (χ4v) is 11.2. The zero-order chi connectivity index (χ0) is 37.6. The third-order valence-electron chi connectivity index (χ3n) is 13.4. The summed E-state index contributed by atoms with van der Waals surface area (Å²) in [5.41, 5.74) is 10.1. The monoisotopic (exact) mass is 733 g/mol. The molecule has 0 unspecified atom stereocenters. The molecule has 4 aromatic carbocycles. The molecule has 9 rings (SSSR count). The van der Waals surface area contributed by atoms with Crippen molar-refractivity contribution in [2.45, 2.75) is 94.2 Å². The highest BCUT2D eigenvalue weighted by Gasteiger charge is 2.59. The number of aliphatic hydroxyl groups is 1. The van der Waals surface area contributed by atoms with Crippen molar-refractivity contribution in [3.63, 3.8) is 0 Å². The van der Waals surface area contributed by atoms with Gasteiger partial charge >= 0.3 is 0 Å². The number of ether oxygens (including phenoxy) is 2. The quantitative estimate of drug-likeness (QED) is 0.0670. The summed E-state index contributed by atoms with van der Waals surface area (Å²) in [6, 6.07) is 24.3. The average Bonchev–Trinajstić information content (AvgIpc) is 3.56. The van der Waals surface area contributed by atoms with E-state index >= 15 is 0 Å². The van der Waals surface area contributed by atoms with Gasteiger partial charge in [0.05, 0.1) is 6.10 Å².